The SMILES string of the molecule is Cc1ccc2c(c1)Cc1c(-c3cc(C)c(C)cn3)cccc1-2. The number of benzene rings is 2. The summed E-state index contributed by atoms with van der Waals surface area (Å²) in [5.74, 6) is 0. The number of hydrogen-bond donors (Lipinski definition) is 0. The average Bonchev–Trinajstić information content (AvgIpc) is 2.87. The molecule has 0 saturated carbocycles. The summed E-state index contributed by atoms with van der Waals surface area (Å²) in [4.78, 5) is 4.67. The Morgan fingerprint density at radius 1 is 0.818 bits per heavy atom. The largest absolute Gasteiger partial charge is 0.256 e. The summed E-state index contributed by atoms with van der Waals surface area (Å²) in [6, 6.07) is 15.6. The van der Waals surface area contributed by atoms with E-state index in [1.807, 2.05) is 6.20 Å². The zero-order valence-corrected chi connectivity index (χ0v) is 13.3. The van der Waals surface area contributed by atoms with E-state index in [0.29, 0.717) is 0 Å². The van der Waals surface area contributed by atoms with E-state index in [4.69, 9.17) is 0 Å². The van der Waals surface area contributed by atoms with Crippen molar-refractivity contribution in [2.75, 3.05) is 0 Å². The fourth-order valence-electron chi connectivity index (χ4n) is 3.36. The lowest BCUT2D eigenvalue weighted by Crippen LogP contribution is -1.92. The topological polar surface area (TPSA) is 12.9 Å². The molecule has 0 spiro atoms. The van der Waals surface area contributed by atoms with Crippen LogP contribution in [0.4, 0.5) is 0 Å². The Morgan fingerprint density at radius 2 is 1.64 bits per heavy atom. The van der Waals surface area contributed by atoms with Crippen molar-refractivity contribution in [1.82, 2.24) is 4.98 Å². The van der Waals surface area contributed by atoms with Crippen LogP contribution in [0.3, 0.4) is 0 Å². The van der Waals surface area contributed by atoms with E-state index in [0.717, 1.165) is 12.1 Å². The molecule has 0 saturated heterocycles. The Kier molecular flexibility index (Phi) is 2.90. The maximum absolute atomic E-state index is 4.67. The molecule has 4 rings (SSSR count). The van der Waals surface area contributed by atoms with Crippen LogP contribution < -0.4 is 0 Å². The van der Waals surface area contributed by atoms with E-state index in [1.165, 1.54) is 44.5 Å². The fraction of sp³-hybridized carbons (Fsp3) is 0.190. The van der Waals surface area contributed by atoms with Crippen LogP contribution in [0.25, 0.3) is 22.4 Å². The van der Waals surface area contributed by atoms with Crippen LogP contribution in [0.15, 0.2) is 48.7 Å². The van der Waals surface area contributed by atoms with Crippen molar-refractivity contribution in [3.05, 3.63) is 76.5 Å². The fourth-order valence-corrected chi connectivity index (χ4v) is 3.36. The van der Waals surface area contributed by atoms with Gasteiger partial charge < -0.3 is 0 Å². The Bertz CT molecular complexity index is 890. The molecule has 22 heavy (non-hydrogen) atoms. The van der Waals surface area contributed by atoms with Gasteiger partial charge in [-0.1, -0.05) is 42.0 Å². The van der Waals surface area contributed by atoms with E-state index in [-0.39, 0.29) is 0 Å². The summed E-state index contributed by atoms with van der Waals surface area (Å²) < 4.78 is 0. The third-order valence-corrected chi connectivity index (χ3v) is 4.74. The Morgan fingerprint density at radius 3 is 2.45 bits per heavy atom. The highest BCUT2D eigenvalue weighted by Crippen LogP contribution is 2.41. The zero-order chi connectivity index (χ0) is 15.3. The monoisotopic (exact) mass is 285 g/mol. The molecule has 2 aromatic carbocycles. The first-order valence-electron chi connectivity index (χ1n) is 7.79. The molecule has 0 fully saturated rings. The van der Waals surface area contributed by atoms with Gasteiger partial charge in [0.2, 0.25) is 0 Å². The van der Waals surface area contributed by atoms with Crippen LogP contribution in [-0.2, 0) is 6.42 Å². The van der Waals surface area contributed by atoms with Crippen LogP contribution >= 0.6 is 0 Å². The van der Waals surface area contributed by atoms with Gasteiger partial charge in [0.1, 0.15) is 0 Å². The van der Waals surface area contributed by atoms with E-state index < -0.39 is 0 Å². The molecule has 0 amide bonds. The number of aryl methyl sites for hydroxylation is 3. The molecule has 1 heteroatoms. The molecular formula is C21H19N. The second-order valence-electron chi connectivity index (χ2n) is 6.32. The van der Waals surface area contributed by atoms with Crippen molar-refractivity contribution in [2.24, 2.45) is 0 Å². The summed E-state index contributed by atoms with van der Waals surface area (Å²) >= 11 is 0. The summed E-state index contributed by atoms with van der Waals surface area (Å²) in [5, 5.41) is 0. The first-order chi connectivity index (χ1) is 10.6. The molecule has 1 heterocycles. The van der Waals surface area contributed by atoms with Crippen LogP contribution in [0.2, 0.25) is 0 Å². The second kappa shape index (κ2) is 4.81. The number of aromatic nitrogens is 1. The average molecular weight is 285 g/mol. The van der Waals surface area contributed by atoms with Gasteiger partial charge in [0, 0.05) is 11.8 Å². The maximum Gasteiger partial charge on any atom is 0.0707 e. The van der Waals surface area contributed by atoms with Crippen molar-refractivity contribution in [3.63, 3.8) is 0 Å². The molecule has 0 N–H and O–H groups in total. The highest BCUT2D eigenvalue weighted by molar-refractivity contribution is 5.84. The molecule has 1 aromatic heterocycles. The Balaban J connectivity index is 1.90. The predicted octanol–water partition coefficient (Wildman–Crippen LogP) is 5.25. The van der Waals surface area contributed by atoms with Crippen molar-refractivity contribution in [3.8, 4) is 22.4 Å². The van der Waals surface area contributed by atoms with Crippen molar-refractivity contribution < 1.29 is 0 Å². The zero-order valence-electron chi connectivity index (χ0n) is 13.3. The highest BCUT2D eigenvalue weighted by Gasteiger charge is 2.21. The van der Waals surface area contributed by atoms with Gasteiger partial charge in [-0.25, -0.2) is 0 Å². The minimum Gasteiger partial charge on any atom is -0.256 e. The number of fused-ring (bicyclic) bond motifs is 3. The van der Waals surface area contributed by atoms with E-state index >= 15 is 0 Å². The number of hydrogen-bond acceptors (Lipinski definition) is 1. The van der Waals surface area contributed by atoms with Gasteiger partial charge in [0.25, 0.3) is 0 Å². The van der Waals surface area contributed by atoms with Crippen LogP contribution in [0, 0.1) is 20.8 Å². The molecule has 0 atom stereocenters. The highest BCUT2D eigenvalue weighted by atomic mass is 14.7. The second-order valence-corrected chi connectivity index (χ2v) is 6.32. The minimum absolute atomic E-state index is 1.01. The summed E-state index contributed by atoms with van der Waals surface area (Å²) in [5.41, 5.74) is 11.8. The van der Waals surface area contributed by atoms with Gasteiger partial charge in [0.05, 0.1) is 5.69 Å². The molecule has 0 bridgehead atoms. The smallest absolute Gasteiger partial charge is 0.0707 e. The molecule has 0 radical (unpaired) electrons. The number of nitrogens with zero attached hydrogens (tertiary/aromatic N) is 1. The molecule has 1 nitrogen and oxygen atoms in total. The third kappa shape index (κ3) is 1.97. The van der Waals surface area contributed by atoms with Gasteiger partial charge in [-0.05, 0) is 66.6 Å². The van der Waals surface area contributed by atoms with Crippen LogP contribution in [0.5, 0.6) is 0 Å². The third-order valence-electron chi connectivity index (χ3n) is 4.74. The van der Waals surface area contributed by atoms with Gasteiger partial charge in [0.15, 0.2) is 0 Å². The molecule has 108 valence electrons. The molecule has 0 unspecified atom stereocenters. The molecule has 1 aliphatic carbocycles. The van der Waals surface area contributed by atoms with Gasteiger partial charge >= 0.3 is 0 Å². The van der Waals surface area contributed by atoms with Gasteiger partial charge in [-0.3, -0.25) is 4.98 Å². The number of rotatable bonds is 1. The quantitative estimate of drug-likeness (QED) is 0.466. The minimum atomic E-state index is 1.01. The van der Waals surface area contributed by atoms with Gasteiger partial charge in [-0.15, -0.1) is 0 Å². The molecular weight excluding hydrogens is 266 g/mol. The molecule has 1 aliphatic rings. The van der Waals surface area contributed by atoms with E-state index in [9.17, 15) is 0 Å². The van der Waals surface area contributed by atoms with Crippen LogP contribution in [-0.4, -0.2) is 4.98 Å². The van der Waals surface area contributed by atoms with Crippen molar-refractivity contribution in [2.45, 2.75) is 27.2 Å². The van der Waals surface area contributed by atoms with E-state index in [1.54, 1.807) is 0 Å². The van der Waals surface area contributed by atoms with Gasteiger partial charge in [-0.2, -0.15) is 0 Å². The predicted molar refractivity (Wildman–Crippen MR) is 92.1 cm³/mol. The Labute approximate surface area is 131 Å². The normalized spacial score (nSPS) is 12.1. The van der Waals surface area contributed by atoms with Crippen molar-refractivity contribution in [1.29, 1.82) is 0 Å². The Hall–Kier alpha value is -2.41. The summed E-state index contributed by atoms with van der Waals surface area (Å²) in [7, 11) is 0. The first kappa shape index (κ1) is 13.3. The lowest BCUT2D eigenvalue weighted by Gasteiger charge is -2.09. The lowest BCUT2D eigenvalue weighted by molar-refractivity contribution is 1.20. The van der Waals surface area contributed by atoms with Crippen LogP contribution in [0.1, 0.15) is 27.8 Å². The summed E-state index contributed by atoms with van der Waals surface area (Å²) in [6.45, 7) is 6.43. The lowest BCUT2D eigenvalue weighted by atomic mass is 9.97. The van der Waals surface area contributed by atoms with Crippen molar-refractivity contribution >= 4 is 0 Å². The first-order valence-corrected chi connectivity index (χ1v) is 7.79. The standard InChI is InChI=1S/C21H19N/c1-13-7-8-17-16(9-13)11-20-18(17)5-4-6-19(20)21-10-14(2)15(3)12-22-21/h4-10,12H,11H2,1-3H3. The maximum atomic E-state index is 4.67. The summed E-state index contributed by atoms with van der Waals surface area (Å²) in [6.07, 6.45) is 2.99. The number of pyridine rings is 1. The molecule has 3 aromatic rings. The van der Waals surface area contributed by atoms with E-state index in [2.05, 4.69) is 68.2 Å². The molecule has 0 aliphatic heterocycles.